The van der Waals surface area contributed by atoms with Gasteiger partial charge in [0.2, 0.25) is 0 Å². The van der Waals surface area contributed by atoms with E-state index in [4.69, 9.17) is 4.74 Å². The number of unbranched alkanes of at least 4 members (excludes halogenated alkanes) is 1. The number of hydrogen-bond acceptors (Lipinski definition) is 4. The zero-order chi connectivity index (χ0) is 17.7. The van der Waals surface area contributed by atoms with Crippen LogP contribution < -0.4 is 0 Å². The van der Waals surface area contributed by atoms with Crippen LogP contribution in [0.5, 0.6) is 0 Å². The first-order valence-electron chi connectivity index (χ1n) is 8.36. The molecule has 1 aliphatic heterocycles. The number of carbonyl (C=O) groups excluding carboxylic acids is 1. The lowest BCUT2D eigenvalue weighted by Gasteiger charge is -2.30. The number of esters is 1. The maximum Gasteiger partial charge on any atom is 0.336 e. The van der Waals surface area contributed by atoms with E-state index in [2.05, 4.69) is 18.0 Å². The molecule has 126 valence electrons. The molecule has 0 saturated heterocycles. The SMILES string of the molecule is CCCCC1=NC(C)=C(C(=O)OC)C(c2ccc(C)cc2)C1C#N. The Morgan fingerprint density at radius 2 is 1.96 bits per heavy atom. The molecular weight excluding hydrogens is 300 g/mol. The Morgan fingerprint density at radius 1 is 1.29 bits per heavy atom. The van der Waals surface area contributed by atoms with Crippen LogP contribution in [0.1, 0.15) is 50.2 Å². The molecule has 0 saturated carbocycles. The van der Waals surface area contributed by atoms with E-state index in [0.717, 1.165) is 36.1 Å². The standard InChI is InChI=1S/C20H24N2O2/c1-5-6-7-17-16(12-21)19(15-10-8-13(2)9-11-15)18(14(3)22-17)20(23)24-4/h8-11,16,19H,5-7H2,1-4H3. The van der Waals surface area contributed by atoms with E-state index in [1.54, 1.807) is 0 Å². The van der Waals surface area contributed by atoms with Gasteiger partial charge in [0.1, 0.15) is 0 Å². The highest BCUT2D eigenvalue weighted by Gasteiger charge is 2.38. The van der Waals surface area contributed by atoms with Gasteiger partial charge in [-0.25, -0.2) is 4.79 Å². The van der Waals surface area contributed by atoms with Crippen molar-refractivity contribution in [2.24, 2.45) is 10.9 Å². The molecule has 0 spiro atoms. The molecule has 1 aromatic carbocycles. The third-order valence-corrected chi connectivity index (χ3v) is 4.47. The fourth-order valence-corrected chi connectivity index (χ4v) is 3.17. The van der Waals surface area contributed by atoms with Crippen molar-refractivity contribution in [2.75, 3.05) is 7.11 Å². The fraction of sp³-hybridized carbons (Fsp3) is 0.450. The molecule has 0 amide bonds. The predicted octanol–water partition coefficient (Wildman–Crippen LogP) is 4.31. The van der Waals surface area contributed by atoms with Crippen molar-refractivity contribution in [2.45, 2.75) is 46.0 Å². The van der Waals surface area contributed by atoms with Crippen LogP contribution in [0.15, 0.2) is 40.5 Å². The van der Waals surface area contributed by atoms with Gasteiger partial charge in [-0.3, -0.25) is 4.99 Å². The lowest BCUT2D eigenvalue weighted by Crippen LogP contribution is -2.30. The van der Waals surface area contributed by atoms with Gasteiger partial charge in [0, 0.05) is 17.3 Å². The molecule has 0 fully saturated rings. The normalized spacial score (nSPS) is 20.4. The number of rotatable bonds is 5. The van der Waals surface area contributed by atoms with E-state index < -0.39 is 11.9 Å². The van der Waals surface area contributed by atoms with Crippen molar-refractivity contribution < 1.29 is 9.53 Å². The first-order chi connectivity index (χ1) is 11.5. The Morgan fingerprint density at radius 3 is 2.50 bits per heavy atom. The van der Waals surface area contributed by atoms with Gasteiger partial charge in [-0.2, -0.15) is 5.26 Å². The molecule has 4 nitrogen and oxygen atoms in total. The Bertz CT molecular complexity index is 708. The van der Waals surface area contributed by atoms with Gasteiger partial charge in [0.05, 0.1) is 24.7 Å². The highest BCUT2D eigenvalue weighted by atomic mass is 16.5. The van der Waals surface area contributed by atoms with Crippen LogP contribution in [0.4, 0.5) is 0 Å². The molecule has 1 aromatic rings. The maximum absolute atomic E-state index is 12.4. The monoisotopic (exact) mass is 324 g/mol. The number of nitrogens with zero attached hydrogens (tertiary/aromatic N) is 2. The van der Waals surface area contributed by atoms with Crippen molar-refractivity contribution in [3.05, 3.63) is 46.7 Å². The molecule has 4 heteroatoms. The van der Waals surface area contributed by atoms with E-state index in [0.29, 0.717) is 11.3 Å². The molecule has 1 aliphatic rings. The van der Waals surface area contributed by atoms with E-state index in [9.17, 15) is 10.1 Å². The minimum atomic E-state index is -0.433. The van der Waals surface area contributed by atoms with E-state index in [1.807, 2.05) is 38.1 Å². The van der Waals surface area contributed by atoms with Crippen molar-refractivity contribution in [3.63, 3.8) is 0 Å². The molecule has 1 heterocycles. The molecule has 0 bridgehead atoms. The fourth-order valence-electron chi connectivity index (χ4n) is 3.17. The van der Waals surface area contributed by atoms with Crippen molar-refractivity contribution in [1.82, 2.24) is 0 Å². The lowest BCUT2D eigenvalue weighted by atomic mass is 9.75. The van der Waals surface area contributed by atoms with E-state index in [1.165, 1.54) is 7.11 Å². The lowest BCUT2D eigenvalue weighted by molar-refractivity contribution is -0.136. The third-order valence-electron chi connectivity index (χ3n) is 4.47. The van der Waals surface area contributed by atoms with Crippen molar-refractivity contribution >= 4 is 11.7 Å². The Kier molecular flexibility index (Phi) is 5.92. The Hall–Kier alpha value is -2.41. The third kappa shape index (κ3) is 3.56. The first-order valence-corrected chi connectivity index (χ1v) is 8.36. The van der Waals surface area contributed by atoms with Gasteiger partial charge in [0.25, 0.3) is 0 Å². The largest absolute Gasteiger partial charge is 0.466 e. The summed E-state index contributed by atoms with van der Waals surface area (Å²) in [5.41, 5.74) is 4.12. The number of aryl methyl sites for hydroxylation is 1. The Balaban J connectivity index is 2.57. The second-order valence-corrected chi connectivity index (χ2v) is 6.19. The topological polar surface area (TPSA) is 62.4 Å². The summed E-state index contributed by atoms with van der Waals surface area (Å²) in [4.78, 5) is 16.9. The summed E-state index contributed by atoms with van der Waals surface area (Å²) in [6.07, 6.45) is 2.81. The van der Waals surface area contributed by atoms with Crippen molar-refractivity contribution in [3.8, 4) is 6.07 Å². The summed E-state index contributed by atoms with van der Waals surface area (Å²) >= 11 is 0. The highest BCUT2D eigenvalue weighted by Crippen LogP contribution is 2.40. The molecule has 0 N–H and O–H groups in total. The molecule has 2 atom stereocenters. The summed E-state index contributed by atoms with van der Waals surface area (Å²) in [6.45, 7) is 5.96. The molecule has 2 unspecified atom stereocenters. The van der Waals surface area contributed by atoms with Crippen LogP contribution >= 0.6 is 0 Å². The van der Waals surface area contributed by atoms with Crippen molar-refractivity contribution in [1.29, 1.82) is 5.26 Å². The number of allylic oxidation sites excluding steroid dienone is 1. The minimum absolute atomic E-state index is 0.326. The average molecular weight is 324 g/mol. The van der Waals surface area contributed by atoms with Crippen LogP contribution in [0.3, 0.4) is 0 Å². The molecule has 0 aromatic heterocycles. The second-order valence-electron chi connectivity index (χ2n) is 6.19. The Labute approximate surface area is 143 Å². The van der Waals surface area contributed by atoms with Gasteiger partial charge < -0.3 is 4.74 Å². The van der Waals surface area contributed by atoms with Crippen LogP contribution in [-0.2, 0) is 9.53 Å². The summed E-state index contributed by atoms with van der Waals surface area (Å²) in [5.74, 6) is -1.17. The molecular formula is C20H24N2O2. The smallest absolute Gasteiger partial charge is 0.336 e. The van der Waals surface area contributed by atoms with E-state index >= 15 is 0 Å². The zero-order valence-electron chi connectivity index (χ0n) is 14.8. The molecule has 2 rings (SSSR count). The number of benzene rings is 1. The summed E-state index contributed by atoms with van der Waals surface area (Å²) in [7, 11) is 1.37. The van der Waals surface area contributed by atoms with Gasteiger partial charge in [-0.05, 0) is 32.3 Å². The van der Waals surface area contributed by atoms with Crippen LogP contribution in [0.2, 0.25) is 0 Å². The maximum atomic E-state index is 12.4. The van der Waals surface area contributed by atoms with E-state index in [-0.39, 0.29) is 5.92 Å². The highest BCUT2D eigenvalue weighted by molar-refractivity contribution is 5.99. The van der Waals surface area contributed by atoms with Gasteiger partial charge in [-0.15, -0.1) is 0 Å². The van der Waals surface area contributed by atoms with Gasteiger partial charge in [-0.1, -0.05) is 43.2 Å². The van der Waals surface area contributed by atoms with Crippen LogP contribution in [0, 0.1) is 24.2 Å². The predicted molar refractivity (Wildman–Crippen MR) is 94.7 cm³/mol. The van der Waals surface area contributed by atoms with Crippen LogP contribution in [0.25, 0.3) is 0 Å². The summed E-state index contributed by atoms with van der Waals surface area (Å²) in [5, 5.41) is 9.80. The zero-order valence-corrected chi connectivity index (χ0v) is 14.8. The molecule has 0 aliphatic carbocycles. The van der Waals surface area contributed by atoms with Gasteiger partial charge >= 0.3 is 5.97 Å². The second kappa shape index (κ2) is 7.92. The number of carbonyl (C=O) groups is 1. The number of aliphatic imine (C=N–C) groups is 1. The number of hydrogen-bond donors (Lipinski definition) is 0. The minimum Gasteiger partial charge on any atom is -0.466 e. The number of nitriles is 1. The summed E-state index contributed by atoms with van der Waals surface area (Å²) < 4.78 is 4.97. The quantitative estimate of drug-likeness (QED) is 0.758. The van der Waals surface area contributed by atoms with Gasteiger partial charge in [0.15, 0.2) is 0 Å². The van der Waals surface area contributed by atoms with Crippen LogP contribution in [-0.4, -0.2) is 18.8 Å². The molecule has 24 heavy (non-hydrogen) atoms. The first kappa shape index (κ1) is 17.9. The molecule has 0 radical (unpaired) electrons. The summed E-state index contributed by atoms with van der Waals surface area (Å²) in [6, 6.07) is 10.4. The number of ether oxygens (including phenoxy) is 1. The average Bonchev–Trinajstić information content (AvgIpc) is 2.59. The number of methoxy groups -OCH3 is 1.